The molecule has 0 bridgehead atoms. The lowest BCUT2D eigenvalue weighted by molar-refractivity contribution is -0.114. The topological polar surface area (TPSA) is 87.7 Å². The molecular formula is C16H14ClN3O2. The first kappa shape index (κ1) is 14.6. The second-order valence-corrected chi connectivity index (χ2v) is 5.53. The van der Waals surface area contributed by atoms with Gasteiger partial charge in [-0.3, -0.25) is 4.79 Å². The van der Waals surface area contributed by atoms with Crippen molar-refractivity contribution in [3.63, 3.8) is 0 Å². The number of aliphatic hydroxyl groups is 1. The predicted molar refractivity (Wildman–Crippen MR) is 86.5 cm³/mol. The molecule has 112 valence electrons. The first-order valence-corrected chi connectivity index (χ1v) is 7.05. The second kappa shape index (κ2) is 5.12. The molecule has 2 aromatic carbocycles. The highest BCUT2D eigenvalue weighted by Gasteiger charge is 2.44. The van der Waals surface area contributed by atoms with Crippen LogP contribution in [0.25, 0.3) is 0 Å². The van der Waals surface area contributed by atoms with E-state index in [-0.39, 0.29) is 11.7 Å². The van der Waals surface area contributed by atoms with Gasteiger partial charge >= 0.3 is 0 Å². The predicted octanol–water partition coefficient (Wildman–Crippen LogP) is 2.54. The molecule has 1 atom stereocenters. The molecule has 0 aromatic heterocycles. The van der Waals surface area contributed by atoms with E-state index < -0.39 is 5.60 Å². The number of halogens is 1. The molecule has 0 radical (unpaired) electrons. The number of hydrogen-bond donors (Lipinski definition) is 3. The van der Waals surface area contributed by atoms with Gasteiger partial charge in [0, 0.05) is 28.8 Å². The Balaban J connectivity index is 2.23. The molecule has 1 amide bonds. The van der Waals surface area contributed by atoms with Crippen LogP contribution in [0.4, 0.5) is 11.4 Å². The van der Waals surface area contributed by atoms with Crippen molar-refractivity contribution < 1.29 is 9.90 Å². The second-order valence-electron chi connectivity index (χ2n) is 5.10. The maximum atomic E-state index is 11.4. The molecule has 3 rings (SSSR count). The van der Waals surface area contributed by atoms with Gasteiger partial charge in [0.05, 0.1) is 5.69 Å². The van der Waals surface area contributed by atoms with Gasteiger partial charge in [-0.1, -0.05) is 29.8 Å². The van der Waals surface area contributed by atoms with Crippen molar-refractivity contribution in [1.82, 2.24) is 0 Å². The molecule has 22 heavy (non-hydrogen) atoms. The first-order valence-electron chi connectivity index (χ1n) is 6.67. The van der Waals surface area contributed by atoms with Crippen molar-refractivity contribution in [2.75, 3.05) is 5.32 Å². The highest BCUT2D eigenvalue weighted by molar-refractivity contribution is 6.30. The molecule has 0 fully saturated rings. The summed E-state index contributed by atoms with van der Waals surface area (Å²) in [6.45, 7) is 1.40. The number of para-hydroxylation sites is 1. The van der Waals surface area contributed by atoms with Crippen molar-refractivity contribution in [1.29, 1.82) is 0 Å². The van der Waals surface area contributed by atoms with Crippen LogP contribution in [0.15, 0.2) is 47.5 Å². The molecule has 0 aliphatic carbocycles. The highest BCUT2D eigenvalue weighted by Crippen LogP contribution is 2.44. The van der Waals surface area contributed by atoms with Crippen molar-refractivity contribution in [2.45, 2.75) is 12.5 Å². The monoisotopic (exact) mass is 315 g/mol. The quantitative estimate of drug-likeness (QED) is 0.795. The van der Waals surface area contributed by atoms with Crippen LogP contribution >= 0.6 is 11.6 Å². The number of hydrogen-bond acceptors (Lipinski definition) is 4. The Labute approximate surface area is 132 Å². The number of benzene rings is 2. The maximum absolute atomic E-state index is 11.4. The van der Waals surface area contributed by atoms with Crippen LogP contribution in [0.2, 0.25) is 5.02 Å². The van der Waals surface area contributed by atoms with Crippen LogP contribution in [-0.2, 0) is 10.4 Å². The fourth-order valence-corrected chi connectivity index (χ4v) is 2.80. The summed E-state index contributed by atoms with van der Waals surface area (Å²) in [7, 11) is 0. The molecule has 4 N–H and O–H groups in total. The average molecular weight is 316 g/mol. The minimum absolute atomic E-state index is 0.0440. The zero-order valence-electron chi connectivity index (χ0n) is 11.8. The van der Waals surface area contributed by atoms with Gasteiger partial charge in [0.25, 0.3) is 0 Å². The molecular weight excluding hydrogens is 302 g/mol. The number of anilines is 1. The fourth-order valence-electron chi connectivity index (χ4n) is 2.62. The van der Waals surface area contributed by atoms with Gasteiger partial charge in [0.1, 0.15) is 5.84 Å². The summed E-state index contributed by atoms with van der Waals surface area (Å²) in [5, 5.41) is 14.4. The molecule has 1 heterocycles. The van der Waals surface area contributed by atoms with Crippen molar-refractivity contribution in [3.8, 4) is 0 Å². The Kier molecular flexibility index (Phi) is 3.39. The van der Waals surface area contributed by atoms with Crippen LogP contribution in [0.1, 0.15) is 18.1 Å². The lowest BCUT2D eigenvalue weighted by atomic mass is 9.85. The molecule has 0 spiro atoms. The van der Waals surface area contributed by atoms with Gasteiger partial charge in [-0.2, -0.15) is 0 Å². The number of amidine groups is 1. The lowest BCUT2D eigenvalue weighted by Crippen LogP contribution is -2.40. The van der Waals surface area contributed by atoms with E-state index in [1.807, 2.05) is 0 Å². The summed E-state index contributed by atoms with van der Waals surface area (Å²) < 4.78 is 0. The molecule has 5 nitrogen and oxygen atoms in total. The van der Waals surface area contributed by atoms with Gasteiger partial charge in [-0.15, -0.1) is 0 Å². The Morgan fingerprint density at radius 1 is 1.27 bits per heavy atom. The third-order valence-corrected chi connectivity index (χ3v) is 3.82. The van der Waals surface area contributed by atoms with Crippen LogP contribution in [0.5, 0.6) is 0 Å². The number of rotatable bonds is 2. The van der Waals surface area contributed by atoms with E-state index in [9.17, 15) is 9.90 Å². The Morgan fingerprint density at radius 2 is 2.00 bits per heavy atom. The number of amides is 1. The van der Waals surface area contributed by atoms with E-state index in [1.54, 1.807) is 42.5 Å². The summed E-state index contributed by atoms with van der Waals surface area (Å²) >= 11 is 6.04. The van der Waals surface area contributed by atoms with Gasteiger partial charge in [-0.25, -0.2) is 4.99 Å². The largest absolute Gasteiger partial charge is 0.384 e. The van der Waals surface area contributed by atoms with Crippen molar-refractivity contribution >= 4 is 34.7 Å². The SMILES string of the molecule is CC(=O)Nc1ccccc1C1(O)C(N)=Nc2ccc(Cl)cc21. The minimum atomic E-state index is -1.63. The van der Waals surface area contributed by atoms with Gasteiger partial charge in [0.15, 0.2) is 5.60 Å². The van der Waals surface area contributed by atoms with E-state index in [1.165, 1.54) is 6.92 Å². The fraction of sp³-hybridized carbons (Fsp3) is 0.125. The molecule has 0 saturated heterocycles. The third-order valence-electron chi connectivity index (χ3n) is 3.59. The van der Waals surface area contributed by atoms with Gasteiger partial charge < -0.3 is 16.2 Å². The van der Waals surface area contributed by atoms with E-state index >= 15 is 0 Å². The Bertz CT molecular complexity index is 804. The number of fused-ring (bicyclic) bond motifs is 1. The lowest BCUT2D eigenvalue weighted by Gasteiger charge is -2.27. The smallest absolute Gasteiger partial charge is 0.221 e. The summed E-state index contributed by atoms with van der Waals surface area (Å²) in [6.07, 6.45) is 0. The van der Waals surface area contributed by atoms with Crippen LogP contribution in [-0.4, -0.2) is 16.8 Å². The molecule has 6 heteroatoms. The average Bonchev–Trinajstić information content (AvgIpc) is 2.72. The summed E-state index contributed by atoms with van der Waals surface area (Å²) in [6, 6.07) is 11.9. The number of nitrogens with zero attached hydrogens (tertiary/aromatic N) is 1. The number of nitrogens with two attached hydrogens (primary N) is 1. The third kappa shape index (κ3) is 2.15. The normalized spacial score (nSPS) is 19.5. The summed E-state index contributed by atoms with van der Waals surface area (Å²) in [4.78, 5) is 15.6. The van der Waals surface area contributed by atoms with E-state index in [0.717, 1.165) is 0 Å². The van der Waals surface area contributed by atoms with Gasteiger partial charge in [0.2, 0.25) is 5.91 Å². The number of aliphatic imine (C=N–C) groups is 1. The van der Waals surface area contributed by atoms with E-state index in [2.05, 4.69) is 10.3 Å². The van der Waals surface area contributed by atoms with Gasteiger partial charge in [-0.05, 0) is 24.3 Å². The number of nitrogens with one attached hydrogen (secondary N) is 1. The standard InChI is InChI=1S/C16H14ClN3O2/c1-9(21)19-13-5-3-2-4-11(13)16(22)12-8-10(17)6-7-14(12)20-15(16)18/h2-8,22H,1H3,(H2,18,20)(H,19,21). The zero-order chi connectivity index (χ0) is 15.9. The zero-order valence-corrected chi connectivity index (χ0v) is 12.6. The number of carbonyl (C=O) groups is 1. The van der Waals surface area contributed by atoms with E-state index in [4.69, 9.17) is 17.3 Å². The molecule has 1 aliphatic heterocycles. The minimum Gasteiger partial charge on any atom is -0.384 e. The van der Waals surface area contributed by atoms with Crippen LogP contribution in [0.3, 0.4) is 0 Å². The van der Waals surface area contributed by atoms with E-state index in [0.29, 0.717) is 27.5 Å². The molecule has 0 saturated carbocycles. The van der Waals surface area contributed by atoms with Crippen LogP contribution in [0, 0.1) is 0 Å². The van der Waals surface area contributed by atoms with Crippen molar-refractivity contribution in [3.05, 3.63) is 58.6 Å². The van der Waals surface area contributed by atoms with Crippen LogP contribution < -0.4 is 11.1 Å². The molecule has 2 aromatic rings. The Morgan fingerprint density at radius 3 is 2.73 bits per heavy atom. The highest BCUT2D eigenvalue weighted by atomic mass is 35.5. The molecule has 1 aliphatic rings. The summed E-state index contributed by atoms with van der Waals surface area (Å²) in [5.74, 6) is -0.196. The summed E-state index contributed by atoms with van der Waals surface area (Å²) in [5.41, 5.74) is 6.34. The maximum Gasteiger partial charge on any atom is 0.221 e. The molecule has 1 unspecified atom stereocenters. The Hall–Kier alpha value is -2.37. The first-order chi connectivity index (χ1) is 10.4. The van der Waals surface area contributed by atoms with Crippen molar-refractivity contribution in [2.24, 2.45) is 10.7 Å². The number of carbonyl (C=O) groups excluding carboxylic acids is 1.